The number of nitrogens with zero attached hydrogens (tertiary/aromatic N) is 3. The molecule has 1 aliphatic rings. The Kier molecular flexibility index (Phi) is 6.01. The highest BCUT2D eigenvalue weighted by Gasteiger charge is 2.24. The highest BCUT2D eigenvalue weighted by Crippen LogP contribution is 2.18. The van der Waals surface area contributed by atoms with Gasteiger partial charge in [-0.3, -0.25) is 14.4 Å². The minimum Gasteiger partial charge on any atom is -0.355 e. The summed E-state index contributed by atoms with van der Waals surface area (Å²) in [5.74, 6) is 0.123. The zero-order valence-corrected chi connectivity index (χ0v) is 14.1. The van der Waals surface area contributed by atoms with Crippen LogP contribution in [0.1, 0.15) is 24.8 Å². The molecule has 0 radical (unpaired) electrons. The Balaban J connectivity index is 1.44. The number of benzene rings is 1. The Labute approximate surface area is 143 Å². The number of piperidine rings is 1. The van der Waals surface area contributed by atoms with Gasteiger partial charge in [0.2, 0.25) is 5.91 Å². The summed E-state index contributed by atoms with van der Waals surface area (Å²) < 4.78 is 1.97. The van der Waals surface area contributed by atoms with Gasteiger partial charge < -0.3 is 5.32 Å². The number of amides is 1. The Bertz CT molecular complexity index is 612. The molecule has 1 atom stereocenters. The molecule has 0 spiro atoms. The number of aromatic nitrogens is 2. The molecule has 3 rings (SSSR count). The molecule has 128 valence electrons. The second-order valence-electron chi connectivity index (χ2n) is 6.43. The highest BCUT2D eigenvalue weighted by atomic mass is 16.2. The van der Waals surface area contributed by atoms with E-state index in [1.165, 1.54) is 18.4 Å². The second kappa shape index (κ2) is 8.64. The largest absolute Gasteiger partial charge is 0.355 e. The first-order chi connectivity index (χ1) is 11.8. The lowest BCUT2D eigenvalue weighted by Gasteiger charge is -2.35. The van der Waals surface area contributed by atoms with E-state index in [4.69, 9.17) is 0 Å². The van der Waals surface area contributed by atoms with Crippen LogP contribution in [0.2, 0.25) is 0 Å². The molecule has 1 saturated heterocycles. The van der Waals surface area contributed by atoms with E-state index in [-0.39, 0.29) is 5.91 Å². The number of likely N-dealkylation sites (tertiary alicyclic amines) is 1. The van der Waals surface area contributed by atoms with Crippen LogP contribution >= 0.6 is 0 Å². The van der Waals surface area contributed by atoms with Gasteiger partial charge in [-0.05, 0) is 37.4 Å². The van der Waals surface area contributed by atoms with Gasteiger partial charge in [-0.25, -0.2) is 0 Å². The van der Waals surface area contributed by atoms with Gasteiger partial charge in [0.15, 0.2) is 0 Å². The van der Waals surface area contributed by atoms with E-state index in [2.05, 4.69) is 27.4 Å². The van der Waals surface area contributed by atoms with Crippen molar-refractivity contribution in [2.75, 3.05) is 19.6 Å². The van der Waals surface area contributed by atoms with Crippen LogP contribution in [0.3, 0.4) is 0 Å². The lowest BCUT2D eigenvalue weighted by atomic mass is 10.0. The molecule has 0 aliphatic carbocycles. The first-order valence-electron chi connectivity index (χ1n) is 8.83. The second-order valence-corrected chi connectivity index (χ2v) is 6.43. The summed E-state index contributed by atoms with van der Waals surface area (Å²) in [6, 6.07) is 12.6. The molecular weight excluding hydrogens is 300 g/mol. The fraction of sp³-hybridized carbons (Fsp3) is 0.474. The predicted molar refractivity (Wildman–Crippen MR) is 94.6 cm³/mol. The van der Waals surface area contributed by atoms with E-state index in [9.17, 15) is 4.79 Å². The molecule has 2 aromatic rings. The molecule has 1 N–H and O–H groups in total. The van der Waals surface area contributed by atoms with Crippen LogP contribution in [-0.4, -0.2) is 46.3 Å². The maximum Gasteiger partial charge on any atom is 0.234 e. The van der Waals surface area contributed by atoms with Crippen LogP contribution < -0.4 is 5.32 Å². The van der Waals surface area contributed by atoms with Crippen molar-refractivity contribution in [3.8, 4) is 0 Å². The van der Waals surface area contributed by atoms with Crippen LogP contribution in [0.25, 0.3) is 0 Å². The smallest absolute Gasteiger partial charge is 0.234 e. The molecule has 0 bridgehead atoms. The molecule has 5 nitrogen and oxygen atoms in total. The third-order valence-electron chi connectivity index (χ3n) is 4.63. The fourth-order valence-electron chi connectivity index (χ4n) is 3.33. The van der Waals surface area contributed by atoms with E-state index in [1.54, 1.807) is 0 Å². The SMILES string of the molecule is O=C(CN1CCCCC1Cn1cccn1)NCCc1ccccc1. The van der Waals surface area contributed by atoms with Crippen molar-refractivity contribution in [1.29, 1.82) is 0 Å². The third-order valence-corrected chi connectivity index (χ3v) is 4.63. The number of nitrogens with one attached hydrogen (secondary N) is 1. The average Bonchev–Trinajstić information content (AvgIpc) is 3.11. The summed E-state index contributed by atoms with van der Waals surface area (Å²) in [5.41, 5.74) is 1.26. The van der Waals surface area contributed by atoms with Gasteiger partial charge in [0.1, 0.15) is 0 Å². The number of hydrogen-bond acceptors (Lipinski definition) is 3. The van der Waals surface area contributed by atoms with Crippen LogP contribution in [0.4, 0.5) is 0 Å². The van der Waals surface area contributed by atoms with Gasteiger partial charge in [-0.1, -0.05) is 36.8 Å². The highest BCUT2D eigenvalue weighted by molar-refractivity contribution is 5.78. The Morgan fingerprint density at radius 3 is 2.88 bits per heavy atom. The molecule has 2 heterocycles. The molecule has 0 saturated carbocycles. The van der Waals surface area contributed by atoms with E-state index in [0.717, 1.165) is 25.9 Å². The topological polar surface area (TPSA) is 50.2 Å². The molecular formula is C19H26N4O. The van der Waals surface area contributed by atoms with Crippen LogP contribution in [0, 0.1) is 0 Å². The molecule has 1 unspecified atom stereocenters. The quantitative estimate of drug-likeness (QED) is 0.848. The Morgan fingerprint density at radius 1 is 1.21 bits per heavy atom. The van der Waals surface area contributed by atoms with Gasteiger partial charge in [0.25, 0.3) is 0 Å². The molecule has 1 amide bonds. The molecule has 1 aromatic heterocycles. The lowest BCUT2D eigenvalue weighted by molar-refractivity contribution is -0.123. The third kappa shape index (κ3) is 4.93. The summed E-state index contributed by atoms with van der Waals surface area (Å²) in [5, 5.41) is 7.35. The Hall–Kier alpha value is -2.14. The van der Waals surface area contributed by atoms with E-state index in [0.29, 0.717) is 19.1 Å². The minimum absolute atomic E-state index is 0.123. The monoisotopic (exact) mass is 326 g/mol. The molecule has 1 aliphatic heterocycles. The number of rotatable bonds is 7. The van der Waals surface area contributed by atoms with Gasteiger partial charge in [0.05, 0.1) is 13.1 Å². The summed E-state index contributed by atoms with van der Waals surface area (Å²) in [6.07, 6.45) is 8.22. The lowest BCUT2D eigenvalue weighted by Crippen LogP contribution is -2.47. The minimum atomic E-state index is 0.123. The molecule has 24 heavy (non-hydrogen) atoms. The summed E-state index contributed by atoms with van der Waals surface area (Å²) >= 11 is 0. The molecule has 5 heteroatoms. The van der Waals surface area contributed by atoms with Gasteiger partial charge in [-0.2, -0.15) is 5.10 Å². The van der Waals surface area contributed by atoms with Gasteiger partial charge in [0, 0.05) is 25.0 Å². The van der Waals surface area contributed by atoms with Crippen molar-refractivity contribution in [2.24, 2.45) is 0 Å². The molecule has 1 fully saturated rings. The summed E-state index contributed by atoms with van der Waals surface area (Å²) in [6.45, 7) is 3.05. The van der Waals surface area contributed by atoms with Gasteiger partial charge >= 0.3 is 0 Å². The van der Waals surface area contributed by atoms with Crippen LogP contribution in [0.15, 0.2) is 48.8 Å². The first kappa shape index (κ1) is 16.7. The zero-order valence-electron chi connectivity index (χ0n) is 14.1. The van der Waals surface area contributed by atoms with Crippen molar-refractivity contribution in [3.05, 3.63) is 54.4 Å². The summed E-state index contributed by atoms with van der Waals surface area (Å²) in [7, 11) is 0. The summed E-state index contributed by atoms with van der Waals surface area (Å²) in [4.78, 5) is 14.6. The normalized spacial score (nSPS) is 18.4. The van der Waals surface area contributed by atoms with Crippen molar-refractivity contribution in [2.45, 2.75) is 38.3 Å². The standard InChI is InChI=1S/C19H26N4O/c24-19(20-12-10-17-7-2-1-3-8-17)16-22-13-5-4-9-18(22)15-23-14-6-11-21-23/h1-3,6-8,11,14,18H,4-5,9-10,12-13,15-16H2,(H,20,24). The van der Waals surface area contributed by atoms with Crippen LogP contribution in [-0.2, 0) is 17.8 Å². The average molecular weight is 326 g/mol. The predicted octanol–water partition coefficient (Wildman–Crippen LogP) is 2.10. The van der Waals surface area contributed by atoms with E-state index in [1.807, 2.05) is 41.3 Å². The van der Waals surface area contributed by atoms with Crippen molar-refractivity contribution >= 4 is 5.91 Å². The zero-order chi connectivity index (χ0) is 16.6. The van der Waals surface area contributed by atoms with E-state index < -0.39 is 0 Å². The molecule has 1 aromatic carbocycles. The number of carbonyl (C=O) groups is 1. The van der Waals surface area contributed by atoms with Gasteiger partial charge in [-0.15, -0.1) is 0 Å². The maximum atomic E-state index is 12.3. The van der Waals surface area contributed by atoms with Crippen molar-refractivity contribution < 1.29 is 4.79 Å². The number of hydrogen-bond donors (Lipinski definition) is 1. The van der Waals surface area contributed by atoms with Crippen LogP contribution in [0.5, 0.6) is 0 Å². The van der Waals surface area contributed by atoms with E-state index >= 15 is 0 Å². The maximum absolute atomic E-state index is 12.3. The first-order valence-corrected chi connectivity index (χ1v) is 8.83. The number of carbonyl (C=O) groups excluding carboxylic acids is 1. The van der Waals surface area contributed by atoms with Crippen molar-refractivity contribution in [3.63, 3.8) is 0 Å². The fourth-order valence-corrected chi connectivity index (χ4v) is 3.33. The Morgan fingerprint density at radius 2 is 2.08 bits per heavy atom. The van der Waals surface area contributed by atoms with Crippen molar-refractivity contribution in [1.82, 2.24) is 20.0 Å².